The first-order valence-electron chi connectivity index (χ1n) is 8.04. The Morgan fingerprint density at radius 1 is 1.50 bits per heavy atom. The topological polar surface area (TPSA) is 81.7 Å². The van der Waals surface area contributed by atoms with Crippen LogP contribution in [-0.4, -0.2) is 46.5 Å². The molecule has 0 aliphatic carbocycles. The summed E-state index contributed by atoms with van der Waals surface area (Å²) >= 11 is -0.588. The van der Waals surface area contributed by atoms with Crippen LogP contribution in [0.15, 0.2) is 11.0 Å². The fourth-order valence-corrected chi connectivity index (χ4v) is 5.03. The molecule has 2 aliphatic heterocycles. The number of nitrogens with zero attached hydrogens (tertiary/aromatic N) is 1. The van der Waals surface area contributed by atoms with Gasteiger partial charge in [0.1, 0.15) is 18.0 Å². The number of hydrogen-bond acceptors (Lipinski definition) is 5. The zero-order valence-electron chi connectivity index (χ0n) is 13.6. The van der Waals surface area contributed by atoms with E-state index in [-0.39, 0.29) is 30.4 Å². The highest BCUT2D eigenvalue weighted by molar-refractivity contribution is 7.99. The number of nitrogens with one attached hydrogen (secondary N) is 2. The van der Waals surface area contributed by atoms with Crippen LogP contribution in [0.4, 0.5) is 18.9 Å². The molecule has 1 saturated heterocycles. The fraction of sp³-hybridized carbons (Fsp3) is 0.533. The molecule has 2 atom stereocenters. The number of amides is 1. The van der Waals surface area contributed by atoms with E-state index >= 15 is 4.39 Å². The van der Waals surface area contributed by atoms with Gasteiger partial charge in [-0.15, -0.1) is 11.8 Å². The maximum Gasteiger partial charge on any atom is 0.253 e. The van der Waals surface area contributed by atoms with Crippen LogP contribution in [0.25, 0.3) is 0 Å². The van der Waals surface area contributed by atoms with Gasteiger partial charge in [-0.05, 0) is 25.5 Å². The van der Waals surface area contributed by atoms with E-state index in [0.717, 1.165) is 4.31 Å². The van der Waals surface area contributed by atoms with Gasteiger partial charge in [0.05, 0.1) is 0 Å². The van der Waals surface area contributed by atoms with E-state index in [1.165, 1.54) is 17.8 Å². The molecule has 11 heteroatoms. The van der Waals surface area contributed by atoms with Crippen molar-refractivity contribution in [2.75, 3.05) is 23.1 Å². The molecule has 1 aromatic rings. The van der Waals surface area contributed by atoms with Gasteiger partial charge >= 0.3 is 0 Å². The standard InChI is InChI=1S/C15H18F3N3O3S2/c16-12(17)2-1-3-19-8-4-9-11(25-7-8)5-10(22)15(14(9)18)21-6-13(23)20-26(21)24/h5,8,12,19,22H,1-4,6-7H2,(H,20,23). The molecule has 1 fully saturated rings. The van der Waals surface area contributed by atoms with E-state index in [9.17, 15) is 22.9 Å². The smallest absolute Gasteiger partial charge is 0.253 e. The number of aromatic hydroxyl groups is 1. The summed E-state index contributed by atoms with van der Waals surface area (Å²) in [6.45, 7) is 0.102. The lowest BCUT2D eigenvalue weighted by Crippen LogP contribution is -2.37. The summed E-state index contributed by atoms with van der Waals surface area (Å²) in [5, 5.41) is 13.3. The number of phenolic OH excluding ortho intramolecular Hbond substituents is 1. The fourth-order valence-electron chi connectivity index (χ4n) is 2.92. The Balaban J connectivity index is 1.76. The third-order valence-corrected chi connectivity index (χ3v) is 6.50. The summed E-state index contributed by atoms with van der Waals surface area (Å²) in [6.07, 6.45) is -1.87. The molecular formula is C15H18F3N3O3S2. The molecule has 0 saturated carbocycles. The van der Waals surface area contributed by atoms with Crippen molar-refractivity contribution in [2.24, 2.45) is 0 Å². The summed E-state index contributed by atoms with van der Waals surface area (Å²) in [4.78, 5) is 12.0. The number of fused-ring (bicyclic) bond motifs is 1. The molecule has 1 amide bonds. The summed E-state index contributed by atoms with van der Waals surface area (Å²) in [5.41, 5.74) is 0.0937. The number of phenols is 1. The lowest BCUT2D eigenvalue weighted by Gasteiger charge is -2.28. The number of rotatable bonds is 6. The molecule has 144 valence electrons. The van der Waals surface area contributed by atoms with Gasteiger partial charge in [-0.1, -0.05) is 0 Å². The largest absolute Gasteiger partial charge is 0.506 e. The summed E-state index contributed by atoms with van der Waals surface area (Å²) < 4.78 is 54.4. The second-order valence-corrected chi connectivity index (χ2v) is 8.25. The molecule has 1 aromatic carbocycles. The van der Waals surface area contributed by atoms with E-state index in [2.05, 4.69) is 10.0 Å². The summed E-state index contributed by atoms with van der Waals surface area (Å²) in [6, 6.07) is 1.31. The van der Waals surface area contributed by atoms with Crippen LogP contribution in [0.2, 0.25) is 0 Å². The third-order valence-electron chi connectivity index (χ3n) is 4.14. The Morgan fingerprint density at radius 2 is 2.27 bits per heavy atom. The number of carbonyl (C=O) groups is 1. The van der Waals surface area contributed by atoms with Crippen molar-refractivity contribution in [3.63, 3.8) is 0 Å². The molecule has 2 heterocycles. The summed E-state index contributed by atoms with van der Waals surface area (Å²) in [7, 11) is 0. The number of halogens is 3. The number of alkyl halides is 2. The predicted octanol–water partition coefficient (Wildman–Crippen LogP) is 1.70. The average molecular weight is 409 g/mol. The predicted molar refractivity (Wildman–Crippen MR) is 93.2 cm³/mol. The van der Waals surface area contributed by atoms with Crippen molar-refractivity contribution in [2.45, 2.75) is 36.6 Å². The normalized spacial score (nSPS) is 22.6. The van der Waals surface area contributed by atoms with Gasteiger partial charge in [0.25, 0.3) is 5.91 Å². The number of thioether (sulfide) groups is 1. The highest BCUT2D eigenvalue weighted by Crippen LogP contribution is 2.42. The Kier molecular flexibility index (Phi) is 5.98. The zero-order valence-corrected chi connectivity index (χ0v) is 15.3. The molecule has 3 N–H and O–H groups in total. The molecule has 26 heavy (non-hydrogen) atoms. The Labute approximate surface area is 155 Å². The molecule has 0 aromatic heterocycles. The highest BCUT2D eigenvalue weighted by Gasteiger charge is 2.34. The Bertz CT molecular complexity index is 736. The molecule has 0 bridgehead atoms. The highest BCUT2D eigenvalue weighted by atomic mass is 32.2. The molecule has 0 spiro atoms. The molecular weight excluding hydrogens is 391 g/mol. The minimum Gasteiger partial charge on any atom is -0.506 e. The van der Waals surface area contributed by atoms with Crippen LogP contribution in [0, 0.1) is 5.82 Å². The number of carbonyl (C=O) groups excluding carboxylic acids is 1. The van der Waals surface area contributed by atoms with Crippen LogP contribution < -0.4 is 14.3 Å². The van der Waals surface area contributed by atoms with Crippen LogP contribution >= 0.6 is 11.8 Å². The van der Waals surface area contributed by atoms with Crippen LogP contribution in [-0.2, 0) is 22.4 Å². The maximum absolute atomic E-state index is 15.0. The molecule has 2 unspecified atom stereocenters. The summed E-state index contributed by atoms with van der Waals surface area (Å²) in [5.74, 6) is -0.985. The number of benzene rings is 1. The van der Waals surface area contributed by atoms with Crippen LogP contribution in [0.1, 0.15) is 18.4 Å². The van der Waals surface area contributed by atoms with Gasteiger partial charge < -0.3 is 10.4 Å². The van der Waals surface area contributed by atoms with Crippen molar-refractivity contribution >= 4 is 34.5 Å². The van der Waals surface area contributed by atoms with Crippen molar-refractivity contribution < 1.29 is 27.3 Å². The molecule has 2 aliphatic rings. The van der Waals surface area contributed by atoms with Gasteiger partial charge in [0.2, 0.25) is 17.6 Å². The minimum absolute atomic E-state index is 0.0964. The first-order chi connectivity index (χ1) is 12.4. The second-order valence-electron chi connectivity index (χ2n) is 6.05. The number of anilines is 1. The van der Waals surface area contributed by atoms with E-state index in [1.54, 1.807) is 0 Å². The van der Waals surface area contributed by atoms with Crippen molar-refractivity contribution in [3.05, 3.63) is 17.4 Å². The van der Waals surface area contributed by atoms with E-state index in [0.29, 0.717) is 35.6 Å². The van der Waals surface area contributed by atoms with Gasteiger partial charge in [-0.25, -0.2) is 17.4 Å². The Hall–Kier alpha value is -1.46. The number of hydrogen-bond donors (Lipinski definition) is 3. The SMILES string of the molecule is O=C1CN(c2c(O)cc3c(c2F)CC(NCCCC(F)F)CS3)S(=O)N1. The van der Waals surface area contributed by atoms with Gasteiger partial charge in [0.15, 0.2) is 5.82 Å². The van der Waals surface area contributed by atoms with Gasteiger partial charge in [-0.3, -0.25) is 13.8 Å². The van der Waals surface area contributed by atoms with Crippen LogP contribution in [0.5, 0.6) is 5.75 Å². The Morgan fingerprint density at radius 3 is 2.92 bits per heavy atom. The molecule has 0 radical (unpaired) electrons. The second kappa shape index (κ2) is 8.05. The quantitative estimate of drug-likeness (QED) is 0.623. The van der Waals surface area contributed by atoms with Crippen molar-refractivity contribution in [1.29, 1.82) is 0 Å². The third kappa shape index (κ3) is 4.09. The minimum atomic E-state index is -2.33. The van der Waals surface area contributed by atoms with Crippen molar-refractivity contribution in [1.82, 2.24) is 10.0 Å². The van der Waals surface area contributed by atoms with Gasteiger partial charge in [-0.2, -0.15) is 0 Å². The lowest BCUT2D eigenvalue weighted by atomic mass is 10.0. The molecule has 3 rings (SSSR count). The first kappa shape index (κ1) is 19.3. The van der Waals surface area contributed by atoms with E-state index < -0.39 is 29.3 Å². The van der Waals surface area contributed by atoms with E-state index in [4.69, 9.17) is 0 Å². The monoisotopic (exact) mass is 409 g/mol. The van der Waals surface area contributed by atoms with Crippen molar-refractivity contribution in [3.8, 4) is 5.75 Å². The average Bonchev–Trinajstić information content (AvgIpc) is 2.90. The van der Waals surface area contributed by atoms with Crippen LogP contribution in [0.3, 0.4) is 0 Å². The molecule has 6 nitrogen and oxygen atoms in total. The lowest BCUT2D eigenvalue weighted by molar-refractivity contribution is -0.117. The first-order valence-corrected chi connectivity index (χ1v) is 10.1. The van der Waals surface area contributed by atoms with E-state index in [1.807, 2.05) is 0 Å². The van der Waals surface area contributed by atoms with Gasteiger partial charge in [0, 0.05) is 28.7 Å². The maximum atomic E-state index is 15.0. The zero-order chi connectivity index (χ0) is 18.8.